The van der Waals surface area contributed by atoms with Gasteiger partial charge in [-0.15, -0.1) is 0 Å². The fourth-order valence-electron chi connectivity index (χ4n) is 4.00. The zero-order chi connectivity index (χ0) is 23.3. The molecule has 1 aromatic heterocycles. The molecule has 1 heterocycles. The first-order valence-electron chi connectivity index (χ1n) is 10.8. The van der Waals surface area contributed by atoms with E-state index in [1.165, 1.54) is 7.11 Å². The Morgan fingerprint density at radius 1 is 0.879 bits per heavy atom. The molecule has 33 heavy (non-hydrogen) atoms. The standard InChI is InChI=1S/C25H26N4O4/c1-32-21-11-7-17(8-12-21)19-15-26-24(27-16-19)28-20-9-5-18(6-10-20)22(30)29-25(23(31)33-2)13-3-4-14-25/h5-12,15-16H,3-4,13-14H2,1-2H3,(H,29,30)(H,26,27,28). The van der Waals surface area contributed by atoms with Crippen molar-refractivity contribution in [3.8, 4) is 16.9 Å². The molecule has 0 atom stereocenters. The Morgan fingerprint density at radius 3 is 2.09 bits per heavy atom. The molecule has 4 rings (SSSR count). The number of benzene rings is 2. The van der Waals surface area contributed by atoms with Gasteiger partial charge in [0.15, 0.2) is 0 Å². The van der Waals surface area contributed by atoms with Crippen LogP contribution in [-0.4, -0.2) is 41.6 Å². The predicted molar refractivity (Wildman–Crippen MR) is 124 cm³/mol. The molecule has 1 saturated carbocycles. The van der Waals surface area contributed by atoms with E-state index in [9.17, 15) is 9.59 Å². The maximum atomic E-state index is 12.7. The molecule has 8 heteroatoms. The van der Waals surface area contributed by atoms with Gasteiger partial charge in [0.2, 0.25) is 5.95 Å². The van der Waals surface area contributed by atoms with Gasteiger partial charge in [-0.1, -0.05) is 25.0 Å². The Labute approximate surface area is 192 Å². The first-order valence-corrected chi connectivity index (χ1v) is 10.8. The Balaban J connectivity index is 1.40. The number of aromatic nitrogens is 2. The number of amides is 1. The average molecular weight is 447 g/mol. The number of hydrogen-bond donors (Lipinski definition) is 2. The van der Waals surface area contributed by atoms with Crippen LogP contribution in [0.4, 0.5) is 11.6 Å². The number of esters is 1. The number of nitrogens with one attached hydrogen (secondary N) is 2. The molecule has 8 nitrogen and oxygen atoms in total. The van der Waals surface area contributed by atoms with Crippen molar-refractivity contribution in [2.24, 2.45) is 0 Å². The van der Waals surface area contributed by atoms with E-state index in [1.54, 1.807) is 43.8 Å². The molecule has 0 saturated heterocycles. The summed E-state index contributed by atoms with van der Waals surface area (Å²) in [5.74, 6) is 0.551. The van der Waals surface area contributed by atoms with E-state index < -0.39 is 5.54 Å². The van der Waals surface area contributed by atoms with Crippen LogP contribution in [0.1, 0.15) is 36.0 Å². The van der Waals surface area contributed by atoms with Crippen LogP contribution >= 0.6 is 0 Å². The number of methoxy groups -OCH3 is 2. The Bertz CT molecular complexity index is 1110. The normalized spacial score (nSPS) is 14.4. The molecule has 1 aliphatic rings. The molecular formula is C25H26N4O4. The summed E-state index contributed by atoms with van der Waals surface area (Å²) in [7, 11) is 2.98. The Hall–Kier alpha value is -3.94. The molecule has 170 valence electrons. The molecule has 2 N–H and O–H groups in total. The zero-order valence-electron chi connectivity index (χ0n) is 18.6. The summed E-state index contributed by atoms with van der Waals surface area (Å²) >= 11 is 0. The smallest absolute Gasteiger partial charge is 0.331 e. The van der Waals surface area contributed by atoms with Crippen molar-refractivity contribution in [1.29, 1.82) is 0 Å². The van der Waals surface area contributed by atoms with Crippen LogP contribution in [0.15, 0.2) is 60.9 Å². The number of rotatable bonds is 7. The maximum Gasteiger partial charge on any atom is 0.331 e. The maximum absolute atomic E-state index is 12.7. The Kier molecular flexibility index (Phi) is 6.53. The molecule has 0 spiro atoms. The average Bonchev–Trinajstić information content (AvgIpc) is 3.34. The fraction of sp³-hybridized carbons (Fsp3) is 0.280. The number of carbonyl (C=O) groups is 2. The van der Waals surface area contributed by atoms with E-state index in [4.69, 9.17) is 9.47 Å². The lowest BCUT2D eigenvalue weighted by molar-refractivity contribution is -0.148. The van der Waals surface area contributed by atoms with Crippen LogP contribution in [0.5, 0.6) is 5.75 Å². The lowest BCUT2D eigenvalue weighted by Crippen LogP contribution is -2.53. The van der Waals surface area contributed by atoms with Crippen LogP contribution in [0.2, 0.25) is 0 Å². The van der Waals surface area contributed by atoms with Crippen molar-refractivity contribution in [1.82, 2.24) is 15.3 Å². The number of carbonyl (C=O) groups excluding carboxylic acids is 2. The Morgan fingerprint density at radius 2 is 1.52 bits per heavy atom. The highest BCUT2D eigenvalue weighted by atomic mass is 16.5. The highest BCUT2D eigenvalue weighted by Gasteiger charge is 2.43. The van der Waals surface area contributed by atoms with Crippen molar-refractivity contribution < 1.29 is 19.1 Å². The van der Waals surface area contributed by atoms with Crippen molar-refractivity contribution in [2.45, 2.75) is 31.2 Å². The van der Waals surface area contributed by atoms with Crippen molar-refractivity contribution >= 4 is 23.5 Å². The van der Waals surface area contributed by atoms with Crippen LogP contribution < -0.4 is 15.4 Å². The van der Waals surface area contributed by atoms with E-state index in [0.717, 1.165) is 35.4 Å². The summed E-state index contributed by atoms with van der Waals surface area (Å²) in [5, 5.41) is 6.02. The molecule has 2 aromatic carbocycles. The SMILES string of the molecule is COC(=O)C1(NC(=O)c2ccc(Nc3ncc(-c4ccc(OC)cc4)cn3)cc2)CCCC1. The zero-order valence-corrected chi connectivity index (χ0v) is 18.6. The van der Waals surface area contributed by atoms with Crippen molar-refractivity contribution in [3.63, 3.8) is 0 Å². The van der Waals surface area contributed by atoms with Gasteiger partial charge >= 0.3 is 5.97 Å². The summed E-state index contributed by atoms with van der Waals surface area (Å²) in [4.78, 5) is 33.7. The highest BCUT2D eigenvalue weighted by Crippen LogP contribution is 2.31. The number of anilines is 2. The lowest BCUT2D eigenvalue weighted by Gasteiger charge is -2.27. The number of ether oxygens (including phenoxy) is 2. The van der Waals surface area contributed by atoms with Crippen molar-refractivity contribution in [2.75, 3.05) is 19.5 Å². The van der Waals surface area contributed by atoms with Gasteiger partial charge in [-0.25, -0.2) is 14.8 Å². The van der Waals surface area contributed by atoms with Crippen LogP contribution in [-0.2, 0) is 9.53 Å². The van der Waals surface area contributed by atoms with E-state index in [0.29, 0.717) is 24.4 Å². The topological polar surface area (TPSA) is 102 Å². The highest BCUT2D eigenvalue weighted by molar-refractivity contribution is 5.98. The largest absolute Gasteiger partial charge is 0.497 e. The van der Waals surface area contributed by atoms with Gasteiger partial charge in [0.1, 0.15) is 11.3 Å². The minimum atomic E-state index is -0.928. The van der Waals surface area contributed by atoms with Gasteiger partial charge in [0, 0.05) is 29.2 Å². The number of nitrogens with zero attached hydrogens (tertiary/aromatic N) is 2. The molecule has 0 aliphatic heterocycles. The molecule has 1 aliphatic carbocycles. The third-order valence-corrected chi connectivity index (χ3v) is 5.86. The summed E-state index contributed by atoms with van der Waals surface area (Å²) in [6.07, 6.45) is 6.44. The second-order valence-electron chi connectivity index (χ2n) is 7.96. The number of hydrogen-bond acceptors (Lipinski definition) is 7. The minimum Gasteiger partial charge on any atom is -0.497 e. The van der Waals surface area contributed by atoms with E-state index in [2.05, 4.69) is 20.6 Å². The van der Waals surface area contributed by atoms with Crippen molar-refractivity contribution in [3.05, 3.63) is 66.5 Å². The second-order valence-corrected chi connectivity index (χ2v) is 7.96. The minimum absolute atomic E-state index is 0.297. The molecule has 3 aromatic rings. The fourth-order valence-corrected chi connectivity index (χ4v) is 4.00. The van der Waals surface area contributed by atoms with Crippen LogP contribution in [0.3, 0.4) is 0 Å². The predicted octanol–water partition coefficient (Wildman–Crippen LogP) is 4.11. The molecular weight excluding hydrogens is 420 g/mol. The summed E-state index contributed by atoms with van der Waals surface area (Å²) < 4.78 is 10.1. The molecule has 0 radical (unpaired) electrons. The van der Waals surface area contributed by atoms with Gasteiger partial charge in [-0.05, 0) is 54.8 Å². The first kappa shape index (κ1) is 22.3. The van der Waals surface area contributed by atoms with Crippen LogP contribution in [0, 0.1) is 0 Å². The summed E-state index contributed by atoms with van der Waals surface area (Å²) in [5.41, 5.74) is 2.16. The summed E-state index contributed by atoms with van der Waals surface area (Å²) in [6.45, 7) is 0. The molecule has 0 unspecified atom stereocenters. The molecule has 1 amide bonds. The third-order valence-electron chi connectivity index (χ3n) is 5.86. The van der Waals surface area contributed by atoms with Gasteiger partial charge in [-0.3, -0.25) is 4.79 Å². The molecule has 0 bridgehead atoms. The van der Waals surface area contributed by atoms with Crippen LogP contribution in [0.25, 0.3) is 11.1 Å². The van der Waals surface area contributed by atoms with Gasteiger partial charge in [-0.2, -0.15) is 0 Å². The molecule has 1 fully saturated rings. The summed E-state index contributed by atoms with van der Waals surface area (Å²) in [6, 6.07) is 14.6. The third kappa shape index (κ3) is 4.95. The van der Waals surface area contributed by atoms with Gasteiger partial charge in [0.25, 0.3) is 5.91 Å². The van der Waals surface area contributed by atoms with E-state index >= 15 is 0 Å². The second kappa shape index (κ2) is 9.68. The van der Waals surface area contributed by atoms with Gasteiger partial charge in [0.05, 0.1) is 14.2 Å². The monoisotopic (exact) mass is 446 g/mol. The quantitative estimate of drug-likeness (QED) is 0.527. The van der Waals surface area contributed by atoms with E-state index in [-0.39, 0.29) is 11.9 Å². The first-order chi connectivity index (χ1) is 16.0. The lowest BCUT2D eigenvalue weighted by atomic mass is 9.97. The van der Waals surface area contributed by atoms with Gasteiger partial charge < -0.3 is 20.1 Å². The van der Waals surface area contributed by atoms with E-state index in [1.807, 2.05) is 24.3 Å².